The van der Waals surface area contributed by atoms with Gasteiger partial charge in [-0.05, 0) is 44.5 Å². The number of carbonyl (C=O) groups excluding carboxylic acids is 1. The lowest BCUT2D eigenvalue weighted by atomic mass is 10.0. The summed E-state index contributed by atoms with van der Waals surface area (Å²) in [5.41, 5.74) is 3.18. The van der Waals surface area contributed by atoms with Gasteiger partial charge >= 0.3 is 0 Å². The van der Waals surface area contributed by atoms with Gasteiger partial charge in [0.2, 0.25) is 0 Å². The van der Waals surface area contributed by atoms with Gasteiger partial charge in [-0.2, -0.15) is 0 Å². The second-order valence-electron chi connectivity index (χ2n) is 5.64. The van der Waals surface area contributed by atoms with E-state index in [1.807, 2.05) is 63.2 Å². The fourth-order valence-corrected chi connectivity index (χ4v) is 2.41. The van der Waals surface area contributed by atoms with Gasteiger partial charge in [0, 0.05) is 5.56 Å². The molecule has 0 spiro atoms. The summed E-state index contributed by atoms with van der Waals surface area (Å²) < 4.78 is 10.9. The predicted molar refractivity (Wildman–Crippen MR) is 91.0 cm³/mol. The summed E-state index contributed by atoms with van der Waals surface area (Å²) in [6.07, 6.45) is 0. The first-order chi connectivity index (χ1) is 11.0. The Morgan fingerprint density at radius 3 is 2.57 bits per heavy atom. The normalized spacial score (nSPS) is 11.7. The fraction of sp³-hybridized carbons (Fsp3) is 0.316. The van der Waals surface area contributed by atoms with Gasteiger partial charge in [0.05, 0.1) is 13.2 Å². The quantitative estimate of drug-likeness (QED) is 0.887. The minimum atomic E-state index is -0.164. The van der Waals surface area contributed by atoms with Crippen molar-refractivity contribution < 1.29 is 14.3 Å². The van der Waals surface area contributed by atoms with Crippen molar-refractivity contribution in [1.82, 2.24) is 5.32 Å². The molecule has 2 aromatic rings. The summed E-state index contributed by atoms with van der Waals surface area (Å²) in [4.78, 5) is 12.1. The number of ether oxygens (including phenoxy) is 2. The molecule has 0 radical (unpaired) electrons. The van der Waals surface area contributed by atoms with Crippen LogP contribution >= 0.6 is 0 Å². The molecule has 1 amide bonds. The zero-order chi connectivity index (χ0) is 16.8. The topological polar surface area (TPSA) is 47.6 Å². The van der Waals surface area contributed by atoms with Crippen LogP contribution in [0.1, 0.15) is 29.7 Å². The first-order valence-corrected chi connectivity index (χ1v) is 7.63. The molecule has 0 saturated carbocycles. The molecule has 23 heavy (non-hydrogen) atoms. The third-order valence-corrected chi connectivity index (χ3v) is 3.59. The SMILES string of the molecule is COc1ccc(C)cc1[C@H](C)NC(=O)COc1cccc(C)c1. The third kappa shape index (κ3) is 4.74. The standard InChI is InChI=1S/C19H23NO3/c1-13-6-5-7-16(10-13)23-12-19(21)20-15(3)17-11-14(2)8-9-18(17)22-4/h5-11,15H,12H2,1-4H3,(H,20,21)/t15-/m0/s1. The van der Waals surface area contributed by atoms with Gasteiger partial charge in [-0.1, -0.05) is 29.8 Å². The Morgan fingerprint density at radius 1 is 1.13 bits per heavy atom. The predicted octanol–water partition coefficient (Wildman–Crippen LogP) is 3.57. The molecule has 4 heteroatoms. The maximum absolute atomic E-state index is 12.1. The van der Waals surface area contributed by atoms with Crippen molar-refractivity contribution in [2.24, 2.45) is 0 Å². The summed E-state index contributed by atoms with van der Waals surface area (Å²) in [6.45, 7) is 5.92. The lowest BCUT2D eigenvalue weighted by molar-refractivity contribution is -0.123. The summed E-state index contributed by atoms with van der Waals surface area (Å²) in [5, 5.41) is 2.94. The molecule has 0 bridgehead atoms. The number of benzene rings is 2. The number of hydrogen-bond acceptors (Lipinski definition) is 3. The van der Waals surface area contributed by atoms with E-state index in [1.54, 1.807) is 7.11 Å². The van der Waals surface area contributed by atoms with Crippen LogP contribution in [0, 0.1) is 13.8 Å². The van der Waals surface area contributed by atoms with Crippen LogP contribution in [0.25, 0.3) is 0 Å². The van der Waals surface area contributed by atoms with Crippen molar-refractivity contribution in [1.29, 1.82) is 0 Å². The Bertz CT molecular complexity index is 682. The second-order valence-corrected chi connectivity index (χ2v) is 5.64. The smallest absolute Gasteiger partial charge is 0.258 e. The number of methoxy groups -OCH3 is 1. The Morgan fingerprint density at radius 2 is 1.87 bits per heavy atom. The highest BCUT2D eigenvalue weighted by Crippen LogP contribution is 2.26. The molecule has 2 aromatic carbocycles. The average molecular weight is 313 g/mol. The van der Waals surface area contributed by atoms with Crippen molar-refractivity contribution in [2.45, 2.75) is 26.8 Å². The molecular formula is C19H23NO3. The lowest BCUT2D eigenvalue weighted by Crippen LogP contribution is -2.31. The highest BCUT2D eigenvalue weighted by atomic mass is 16.5. The van der Waals surface area contributed by atoms with Crippen molar-refractivity contribution in [2.75, 3.05) is 13.7 Å². The van der Waals surface area contributed by atoms with Crippen LogP contribution in [0.15, 0.2) is 42.5 Å². The first kappa shape index (κ1) is 16.9. The molecule has 0 aliphatic rings. The van der Waals surface area contributed by atoms with E-state index in [0.717, 1.165) is 22.4 Å². The molecule has 2 rings (SSSR count). The van der Waals surface area contributed by atoms with Gasteiger partial charge in [-0.3, -0.25) is 4.79 Å². The molecule has 122 valence electrons. The molecule has 0 aliphatic heterocycles. The van der Waals surface area contributed by atoms with Crippen molar-refractivity contribution in [3.63, 3.8) is 0 Å². The van der Waals surface area contributed by atoms with Crippen LogP contribution < -0.4 is 14.8 Å². The molecule has 0 saturated heterocycles. The van der Waals surface area contributed by atoms with E-state index in [1.165, 1.54) is 0 Å². The van der Waals surface area contributed by atoms with Gasteiger partial charge in [0.25, 0.3) is 5.91 Å². The monoisotopic (exact) mass is 313 g/mol. The molecule has 0 aliphatic carbocycles. The molecule has 0 heterocycles. The number of amides is 1. The highest BCUT2D eigenvalue weighted by molar-refractivity contribution is 5.78. The molecule has 0 fully saturated rings. The van der Waals surface area contributed by atoms with Crippen LogP contribution in [-0.4, -0.2) is 19.6 Å². The van der Waals surface area contributed by atoms with Crippen LogP contribution in [0.5, 0.6) is 11.5 Å². The van der Waals surface area contributed by atoms with Crippen molar-refractivity contribution >= 4 is 5.91 Å². The van der Waals surface area contributed by atoms with Crippen molar-refractivity contribution in [3.8, 4) is 11.5 Å². The third-order valence-electron chi connectivity index (χ3n) is 3.59. The summed E-state index contributed by atoms with van der Waals surface area (Å²) in [7, 11) is 1.63. The number of carbonyl (C=O) groups is 1. The zero-order valence-electron chi connectivity index (χ0n) is 14.1. The number of aryl methyl sites for hydroxylation is 2. The minimum Gasteiger partial charge on any atom is -0.496 e. The van der Waals surface area contributed by atoms with Gasteiger partial charge in [-0.25, -0.2) is 0 Å². The largest absolute Gasteiger partial charge is 0.496 e. The van der Waals surface area contributed by atoms with E-state index in [4.69, 9.17) is 9.47 Å². The van der Waals surface area contributed by atoms with E-state index >= 15 is 0 Å². The van der Waals surface area contributed by atoms with Crippen LogP contribution in [-0.2, 0) is 4.79 Å². The number of rotatable bonds is 6. The average Bonchev–Trinajstić information content (AvgIpc) is 2.53. The van der Waals surface area contributed by atoms with E-state index in [9.17, 15) is 4.79 Å². The van der Waals surface area contributed by atoms with E-state index < -0.39 is 0 Å². The molecule has 1 N–H and O–H groups in total. The maximum Gasteiger partial charge on any atom is 0.258 e. The van der Waals surface area contributed by atoms with Gasteiger partial charge < -0.3 is 14.8 Å². The Kier molecular flexibility index (Phi) is 5.63. The Hall–Kier alpha value is -2.49. The van der Waals surface area contributed by atoms with E-state index in [2.05, 4.69) is 5.32 Å². The van der Waals surface area contributed by atoms with Gasteiger partial charge in [0.1, 0.15) is 11.5 Å². The van der Waals surface area contributed by atoms with E-state index in [-0.39, 0.29) is 18.6 Å². The van der Waals surface area contributed by atoms with Crippen LogP contribution in [0.3, 0.4) is 0 Å². The second kappa shape index (κ2) is 7.68. The van der Waals surface area contributed by atoms with Gasteiger partial charge in [0.15, 0.2) is 6.61 Å². The van der Waals surface area contributed by atoms with Crippen LogP contribution in [0.2, 0.25) is 0 Å². The number of hydrogen-bond donors (Lipinski definition) is 1. The van der Waals surface area contributed by atoms with Gasteiger partial charge in [-0.15, -0.1) is 0 Å². The maximum atomic E-state index is 12.1. The number of nitrogens with one attached hydrogen (secondary N) is 1. The molecular weight excluding hydrogens is 290 g/mol. The Labute approximate surface area is 137 Å². The van der Waals surface area contributed by atoms with Crippen molar-refractivity contribution in [3.05, 3.63) is 59.2 Å². The summed E-state index contributed by atoms with van der Waals surface area (Å²) >= 11 is 0. The molecule has 1 atom stereocenters. The zero-order valence-corrected chi connectivity index (χ0v) is 14.1. The fourth-order valence-electron chi connectivity index (χ4n) is 2.41. The Balaban J connectivity index is 1.96. The molecule has 0 unspecified atom stereocenters. The lowest BCUT2D eigenvalue weighted by Gasteiger charge is -2.18. The minimum absolute atomic E-state index is 0.0120. The molecule has 0 aromatic heterocycles. The molecule has 4 nitrogen and oxygen atoms in total. The summed E-state index contributed by atoms with van der Waals surface area (Å²) in [5.74, 6) is 1.30. The van der Waals surface area contributed by atoms with E-state index in [0.29, 0.717) is 5.75 Å². The highest BCUT2D eigenvalue weighted by Gasteiger charge is 2.14. The summed E-state index contributed by atoms with van der Waals surface area (Å²) in [6, 6.07) is 13.4. The van der Waals surface area contributed by atoms with Crippen LogP contribution in [0.4, 0.5) is 0 Å². The first-order valence-electron chi connectivity index (χ1n) is 7.63.